The Balaban J connectivity index is 1.61. The van der Waals surface area contributed by atoms with Crippen LogP contribution in [0.3, 0.4) is 0 Å². The van der Waals surface area contributed by atoms with Gasteiger partial charge < -0.3 is 20.1 Å². The van der Waals surface area contributed by atoms with Crippen LogP contribution in [-0.2, 0) is 10.5 Å². The number of aliphatic hydroxyl groups is 3. The zero-order valence-electron chi connectivity index (χ0n) is 13.6. The summed E-state index contributed by atoms with van der Waals surface area (Å²) in [6.45, 7) is -0.387. The van der Waals surface area contributed by atoms with Gasteiger partial charge in [-0.2, -0.15) is 0 Å². The summed E-state index contributed by atoms with van der Waals surface area (Å²) in [4.78, 5) is 17.2. The van der Waals surface area contributed by atoms with Crippen molar-refractivity contribution in [1.29, 1.82) is 0 Å². The van der Waals surface area contributed by atoms with E-state index in [2.05, 4.69) is 19.9 Å². The molecular weight excluding hydrogens is 358 g/mol. The predicted octanol–water partition coefficient (Wildman–Crippen LogP) is 0.125. The topological polar surface area (TPSA) is 126 Å². The minimum atomic E-state index is -1.19. The minimum Gasteiger partial charge on any atom is -0.394 e. The predicted molar refractivity (Wildman–Crippen MR) is 92.1 cm³/mol. The lowest BCUT2D eigenvalue weighted by atomic mass is 10.1. The number of rotatable bonds is 5. The van der Waals surface area contributed by atoms with Gasteiger partial charge in [-0.15, -0.1) is 0 Å². The van der Waals surface area contributed by atoms with Crippen molar-refractivity contribution in [3.8, 4) is 0 Å². The molecule has 0 amide bonds. The first-order chi connectivity index (χ1) is 12.7. The Morgan fingerprint density at radius 3 is 2.73 bits per heavy atom. The lowest BCUT2D eigenvalue weighted by molar-refractivity contribution is -0.0511. The summed E-state index contributed by atoms with van der Waals surface area (Å²) in [6, 6.07) is 5.72. The van der Waals surface area contributed by atoms with E-state index in [0.717, 1.165) is 5.69 Å². The summed E-state index contributed by atoms with van der Waals surface area (Å²) in [6.07, 6.45) is 0.545. The first kappa shape index (κ1) is 17.3. The van der Waals surface area contributed by atoms with Gasteiger partial charge >= 0.3 is 0 Å². The van der Waals surface area contributed by atoms with Crippen LogP contribution in [0.4, 0.5) is 0 Å². The number of hydrogen-bond donors (Lipinski definition) is 3. The first-order valence-corrected chi connectivity index (χ1v) is 9.00. The Hall–Kier alpha value is -2.11. The highest BCUT2D eigenvalue weighted by Gasteiger charge is 2.44. The molecule has 1 aliphatic heterocycles. The summed E-state index contributed by atoms with van der Waals surface area (Å²) in [5.41, 5.74) is 1.98. The van der Waals surface area contributed by atoms with Crippen LogP contribution >= 0.6 is 11.8 Å². The second-order valence-electron chi connectivity index (χ2n) is 5.84. The van der Waals surface area contributed by atoms with E-state index < -0.39 is 24.5 Å². The van der Waals surface area contributed by atoms with E-state index in [4.69, 9.17) is 4.74 Å². The van der Waals surface area contributed by atoms with E-state index in [1.807, 2.05) is 18.2 Å². The molecule has 0 radical (unpaired) electrons. The van der Waals surface area contributed by atoms with Crippen molar-refractivity contribution in [2.75, 3.05) is 6.61 Å². The monoisotopic (exact) mass is 375 g/mol. The van der Waals surface area contributed by atoms with E-state index in [1.54, 1.807) is 10.8 Å². The Morgan fingerprint density at radius 2 is 2.00 bits per heavy atom. The smallest absolute Gasteiger partial charge is 0.166 e. The maximum atomic E-state index is 10.2. The first-order valence-electron chi connectivity index (χ1n) is 8.01. The van der Waals surface area contributed by atoms with Crippen LogP contribution in [0, 0.1) is 0 Å². The van der Waals surface area contributed by atoms with Crippen LogP contribution < -0.4 is 0 Å². The zero-order chi connectivity index (χ0) is 18.1. The summed E-state index contributed by atoms with van der Waals surface area (Å²) in [7, 11) is 0. The standard InChI is InChI=1S/C16H17N5O4S/c22-5-10-12(23)13(24)16(25-10)21-8-20-11-14(21)18-7-19-15(11)26-6-9-3-1-2-4-17-9/h1-4,7-8,10,12-13,16,22-24H,5-6H2/t10-,12?,13+,16-/m0/s1. The lowest BCUT2D eigenvalue weighted by Gasteiger charge is -2.16. The fourth-order valence-electron chi connectivity index (χ4n) is 2.86. The third-order valence-electron chi connectivity index (χ3n) is 4.20. The van der Waals surface area contributed by atoms with Gasteiger partial charge in [0.25, 0.3) is 0 Å². The van der Waals surface area contributed by atoms with E-state index >= 15 is 0 Å². The number of aliphatic hydroxyl groups excluding tert-OH is 3. The van der Waals surface area contributed by atoms with E-state index in [1.165, 1.54) is 24.4 Å². The fourth-order valence-corrected chi connectivity index (χ4v) is 3.72. The molecule has 1 saturated heterocycles. The van der Waals surface area contributed by atoms with Gasteiger partial charge in [0.15, 0.2) is 11.9 Å². The number of thioether (sulfide) groups is 1. The molecular formula is C16H17N5O4S. The van der Waals surface area contributed by atoms with Gasteiger partial charge in [0.1, 0.15) is 35.2 Å². The maximum absolute atomic E-state index is 10.2. The number of hydrogen-bond acceptors (Lipinski definition) is 9. The summed E-state index contributed by atoms with van der Waals surface area (Å²) in [5.74, 6) is 0.633. The van der Waals surface area contributed by atoms with Crippen molar-refractivity contribution in [2.24, 2.45) is 0 Å². The Morgan fingerprint density at radius 1 is 1.12 bits per heavy atom. The van der Waals surface area contributed by atoms with Crippen LogP contribution in [0.5, 0.6) is 0 Å². The molecule has 26 heavy (non-hydrogen) atoms. The summed E-state index contributed by atoms with van der Waals surface area (Å²) >= 11 is 1.48. The van der Waals surface area contributed by atoms with Crippen LogP contribution in [-0.4, -0.2) is 64.7 Å². The van der Waals surface area contributed by atoms with Gasteiger partial charge in [-0.3, -0.25) is 9.55 Å². The van der Waals surface area contributed by atoms with E-state index in [-0.39, 0.29) is 6.61 Å². The van der Waals surface area contributed by atoms with Crippen LogP contribution in [0.15, 0.2) is 42.1 Å². The number of fused-ring (bicyclic) bond motifs is 1. The molecule has 3 N–H and O–H groups in total. The summed E-state index contributed by atoms with van der Waals surface area (Å²) in [5, 5.41) is 30.1. The van der Waals surface area contributed by atoms with Crippen molar-refractivity contribution in [1.82, 2.24) is 24.5 Å². The molecule has 0 bridgehead atoms. The molecule has 1 unspecified atom stereocenters. The fraction of sp³-hybridized carbons (Fsp3) is 0.375. The average molecular weight is 375 g/mol. The molecule has 0 spiro atoms. The number of nitrogens with zero attached hydrogens (tertiary/aromatic N) is 5. The van der Waals surface area contributed by atoms with Crippen molar-refractivity contribution in [2.45, 2.75) is 35.3 Å². The second-order valence-corrected chi connectivity index (χ2v) is 6.81. The molecule has 4 rings (SSSR count). The molecule has 4 atom stereocenters. The third-order valence-corrected chi connectivity index (χ3v) is 5.21. The largest absolute Gasteiger partial charge is 0.394 e. The molecule has 4 heterocycles. The molecule has 0 saturated carbocycles. The highest BCUT2D eigenvalue weighted by atomic mass is 32.2. The molecule has 0 aromatic carbocycles. The molecule has 1 fully saturated rings. The molecule has 0 aliphatic carbocycles. The number of imidazole rings is 1. The van der Waals surface area contributed by atoms with Crippen LogP contribution in [0.2, 0.25) is 0 Å². The third kappa shape index (κ3) is 3.06. The Bertz CT molecular complexity index is 893. The summed E-state index contributed by atoms with van der Waals surface area (Å²) < 4.78 is 7.10. The van der Waals surface area contributed by atoms with Gasteiger partial charge in [-0.1, -0.05) is 17.8 Å². The molecule has 3 aromatic heterocycles. The Kier molecular flexibility index (Phi) is 4.83. The highest BCUT2D eigenvalue weighted by Crippen LogP contribution is 2.33. The molecule has 136 valence electrons. The molecule has 9 nitrogen and oxygen atoms in total. The van der Waals surface area contributed by atoms with Crippen molar-refractivity contribution < 1.29 is 20.1 Å². The number of aromatic nitrogens is 5. The van der Waals surface area contributed by atoms with Gasteiger partial charge in [0, 0.05) is 11.9 Å². The second kappa shape index (κ2) is 7.25. The molecule has 1 aliphatic rings. The lowest BCUT2D eigenvalue weighted by Crippen LogP contribution is -2.33. The minimum absolute atomic E-state index is 0.387. The van der Waals surface area contributed by atoms with Gasteiger partial charge in [-0.25, -0.2) is 15.0 Å². The van der Waals surface area contributed by atoms with E-state index in [9.17, 15) is 15.3 Å². The quantitative estimate of drug-likeness (QED) is 0.421. The number of ether oxygens (including phenoxy) is 1. The van der Waals surface area contributed by atoms with Gasteiger partial charge in [0.05, 0.1) is 18.6 Å². The zero-order valence-corrected chi connectivity index (χ0v) is 14.4. The normalized spacial score (nSPS) is 25.8. The average Bonchev–Trinajstić information content (AvgIpc) is 3.23. The van der Waals surface area contributed by atoms with Crippen molar-refractivity contribution in [3.63, 3.8) is 0 Å². The Labute approximate surface area is 152 Å². The van der Waals surface area contributed by atoms with Crippen LogP contribution in [0.25, 0.3) is 11.2 Å². The van der Waals surface area contributed by atoms with Gasteiger partial charge in [0.2, 0.25) is 0 Å². The van der Waals surface area contributed by atoms with Crippen LogP contribution in [0.1, 0.15) is 11.9 Å². The van der Waals surface area contributed by atoms with Crippen molar-refractivity contribution >= 4 is 22.9 Å². The van der Waals surface area contributed by atoms with Crippen molar-refractivity contribution in [3.05, 3.63) is 42.7 Å². The van der Waals surface area contributed by atoms with Gasteiger partial charge in [-0.05, 0) is 12.1 Å². The molecule has 3 aromatic rings. The van der Waals surface area contributed by atoms with E-state index in [0.29, 0.717) is 21.9 Å². The SMILES string of the molecule is OC[C@@H]1O[C@H](n2cnc3c(SCc4ccccn4)ncnc32)[C@H](O)C1O. The highest BCUT2D eigenvalue weighted by molar-refractivity contribution is 7.98. The number of pyridine rings is 1. The molecule has 10 heteroatoms. The maximum Gasteiger partial charge on any atom is 0.166 e.